The zero-order valence-electron chi connectivity index (χ0n) is 17.1. The maximum Gasteiger partial charge on any atom is 0.315 e. The van der Waals surface area contributed by atoms with E-state index in [9.17, 15) is 14.7 Å². The number of aliphatic carboxylic acids is 1. The molecule has 2 heterocycles. The third kappa shape index (κ3) is 2.79. The molecule has 1 aromatic heterocycles. The molecule has 8 nitrogen and oxygen atoms in total. The van der Waals surface area contributed by atoms with Crippen LogP contribution in [0.25, 0.3) is 18.2 Å². The van der Waals surface area contributed by atoms with Crippen LogP contribution in [0.15, 0.2) is 23.0 Å². The van der Waals surface area contributed by atoms with Gasteiger partial charge in [-0.3, -0.25) is 14.2 Å². The first kappa shape index (κ1) is 19.8. The van der Waals surface area contributed by atoms with Gasteiger partial charge in [0.05, 0.1) is 33.1 Å². The van der Waals surface area contributed by atoms with Crippen molar-refractivity contribution < 1.29 is 24.1 Å². The van der Waals surface area contributed by atoms with E-state index in [1.807, 2.05) is 6.07 Å². The van der Waals surface area contributed by atoms with Crippen molar-refractivity contribution in [1.82, 2.24) is 9.55 Å². The Morgan fingerprint density at radius 2 is 1.93 bits per heavy atom. The lowest BCUT2D eigenvalue weighted by Gasteiger charge is -2.18. The van der Waals surface area contributed by atoms with Crippen molar-refractivity contribution in [3.63, 3.8) is 0 Å². The Hall–Kier alpha value is -3.55. The van der Waals surface area contributed by atoms with E-state index in [0.29, 0.717) is 40.8 Å². The van der Waals surface area contributed by atoms with Crippen LogP contribution in [0, 0.1) is 12.3 Å². The summed E-state index contributed by atoms with van der Waals surface area (Å²) in [5.41, 5.74) is 0.496. The largest absolute Gasteiger partial charge is 0.493 e. The van der Waals surface area contributed by atoms with Crippen LogP contribution in [-0.2, 0) is 4.79 Å². The number of benzene rings is 1. The van der Waals surface area contributed by atoms with E-state index in [4.69, 9.17) is 14.2 Å². The Balaban J connectivity index is 1.75. The molecule has 1 saturated carbocycles. The van der Waals surface area contributed by atoms with Gasteiger partial charge < -0.3 is 19.3 Å². The van der Waals surface area contributed by atoms with Gasteiger partial charge >= 0.3 is 5.97 Å². The summed E-state index contributed by atoms with van der Waals surface area (Å²) in [7, 11) is 4.62. The van der Waals surface area contributed by atoms with Crippen molar-refractivity contribution in [2.75, 3.05) is 21.3 Å². The van der Waals surface area contributed by atoms with E-state index in [2.05, 4.69) is 4.98 Å². The second kappa shape index (κ2) is 7.05. The molecule has 1 aliphatic carbocycles. The smallest absolute Gasteiger partial charge is 0.315 e. The summed E-state index contributed by atoms with van der Waals surface area (Å²) in [6, 6.07) is 3.21. The highest BCUT2D eigenvalue weighted by Crippen LogP contribution is 2.59. The molecule has 1 fully saturated rings. The number of fused-ring (bicyclic) bond motifs is 3. The van der Waals surface area contributed by atoms with Crippen molar-refractivity contribution in [1.29, 1.82) is 0 Å². The number of carboxylic acids is 1. The van der Waals surface area contributed by atoms with E-state index in [1.54, 1.807) is 51.5 Å². The van der Waals surface area contributed by atoms with Crippen LogP contribution in [-0.4, -0.2) is 42.0 Å². The Morgan fingerprint density at radius 3 is 2.57 bits per heavy atom. The topological polar surface area (TPSA) is 99.9 Å². The first-order chi connectivity index (χ1) is 14.4. The maximum absolute atomic E-state index is 13.0. The molecule has 0 radical (unpaired) electrons. The minimum atomic E-state index is -0.977. The number of aromatic nitrogens is 2. The number of ether oxygens (including phenoxy) is 3. The van der Waals surface area contributed by atoms with Gasteiger partial charge in [0, 0.05) is 11.1 Å². The summed E-state index contributed by atoms with van der Waals surface area (Å²) < 4.78 is 17.7. The molecule has 1 N–H and O–H groups in total. The summed E-state index contributed by atoms with van der Waals surface area (Å²) in [4.78, 5) is 29.1. The lowest BCUT2D eigenvalue weighted by atomic mass is 10.0. The van der Waals surface area contributed by atoms with Gasteiger partial charge in [0.15, 0.2) is 11.5 Å². The summed E-state index contributed by atoms with van der Waals surface area (Å²) in [6.07, 6.45) is 7.19. The van der Waals surface area contributed by atoms with E-state index >= 15 is 0 Å². The number of carboxylic acid groups (broad SMARTS) is 1. The Kier molecular flexibility index (Phi) is 4.64. The van der Waals surface area contributed by atoms with Crippen molar-refractivity contribution in [2.45, 2.75) is 19.4 Å². The van der Waals surface area contributed by atoms with Gasteiger partial charge in [-0.25, -0.2) is 4.98 Å². The molecule has 8 heteroatoms. The number of carbonyl (C=O) groups is 1. The lowest BCUT2D eigenvalue weighted by molar-refractivity contribution is -0.141. The van der Waals surface area contributed by atoms with Crippen LogP contribution in [0.3, 0.4) is 0 Å². The number of nitrogens with zero attached hydrogens (tertiary/aromatic N) is 2. The summed E-state index contributed by atoms with van der Waals surface area (Å²) in [5, 5.41) is 9.49. The van der Waals surface area contributed by atoms with E-state index in [1.165, 1.54) is 11.7 Å². The Labute approximate surface area is 173 Å². The molecule has 30 heavy (non-hydrogen) atoms. The average Bonchev–Trinajstić information content (AvgIpc) is 3.50. The number of methoxy groups -OCH3 is 3. The molecule has 0 spiro atoms. The van der Waals surface area contributed by atoms with E-state index in [0.717, 1.165) is 5.56 Å². The number of hydrogen-bond donors (Lipinski definition) is 1. The second-order valence-electron chi connectivity index (χ2n) is 7.31. The second-order valence-corrected chi connectivity index (χ2v) is 7.31. The normalized spacial score (nSPS) is 21.1. The molecule has 2 unspecified atom stereocenters. The maximum atomic E-state index is 13.0. The zero-order chi connectivity index (χ0) is 21.6. The van der Waals surface area contributed by atoms with Crippen LogP contribution in [0.1, 0.15) is 35.1 Å². The van der Waals surface area contributed by atoms with Gasteiger partial charge in [0.2, 0.25) is 5.75 Å². The van der Waals surface area contributed by atoms with Crippen LogP contribution in [0.5, 0.6) is 17.2 Å². The van der Waals surface area contributed by atoms with Gasteiger partial charge in [-0.05, 0) is 43.7 Å². The standard InChI is InChI=1S/C22H22N2O6/c1-12-14(7-5-13-6-8-15(28-2)19(30-4)18(13)29-3)23-17-9-10-22(21(26)27)11-16(22)24(17)20(12)25/h5-10,16H,11H2,1-4H3,(H,26,27)/b7-5+. The predicted molar refractivity (Wildman–Crippen MR) is 111 cm³/mol. The minimum Gasteiger partial charge on any atom is -0.493 e. The van der Waals surface area contributed by atoms with Crippen molar-refractivity contribution in [3.05, 3.63) is 51.2 Å². The molecule has 0 saturated heterocycles. The first-order valence-corrected chi connectivity index (χ1v) is 9.40. The summed E-state index contributed by atoms with van der Waals surface area (Å²) >= 11 is 0. The highest BCUT2D eigenvalue weighted by Gasteiger charge is 2.62. The third-order valence-corrected chi connectivity index (χ3v) is 5.77. The molecule has 156 valence electrons. The molecule has 0 bridgehead atoms. The molecule has 2 atom stereocenters. The highest BCUT2D eigenvalue weighted by atomic mass is 16.5. The molecule has 0 amide bonds. The fourth-order valence-corrected chi connectivity index (χ4v) is 3.95. The molecular formula is C22H22N2O6. The van der Waals surface area contributed by atoms with Crippen molar-refractivity contribution >= 4 is 24.2 Å². The highest BCUT2D eigenvalue weighted by molar-refractivity contribution is 5.84. The number of rotatable bonds is 6. The molecule has 1 aromatic carbocycles. The number of hydrogen-bond acceptors (Lipinski definition) is 6. The summed E-state index contributed by atoms with van der Waals surface area (Å²) in [5.74, 6) is 1.07. The van der Waals surface area contributed by atoms with Gasteiger partial charge in [0.1, 0.15) is 11.2 Å². The molecule has 4 rings (SSSR count). The molecule has 1 aliphatic heterocycles. The first-order valence-electron chi connectivity index (χ1n) is 9.40. The fraction of sp³-hybridized carbons (Fsp3) is 0.318. The Bertz CT molecular complexity index is 1160. The van der Waals surface area contributed by atoms with Gasteiger partial charge in [-0.2, -0.15) is 0 Å². The quantitative estimate of drug-likeness (QED) is 0.782. The zero-order valence-corrected chi connectivity index (χ0v) is 17.1. The van der Waals surface area contributed by atoms with Crippen LogP contribution in [0.2, 0.25) is 0 Å². The SMILES string of the molecule is COc1ccc(/C=C/c2nc3n(c(=O)c2C)C2CC2(C(=O)O)C=C3)c(OC)c1OC. The minimum absolute atomic E-state index is 0.226. The molecule has 2 aromatic rings. The van der Waals surface area contributed by atoms with Crippen molar-refractivity contribution in [2.24, 2.45) is 5.41 Å². The third-order valence-electron chi connectivity index (χ3n) is 5.77. The predicted octanol–water partition coefficient (Wildman–Crippen LogP) is 2.79. The fourth-order valence-electron chi connectivity index (χ4n) is 3.95. The van der Waals surface area contributed by atoms with Crippen LogP contribution in [0.4, 0.5) is 0 Å². The van der Waals surface area contributed by atoms with Gasteiger partial charge in [0.25, 0.3) is 5.56 Å². The molecular weight excluding hydrogens is 388 g/mol. The lowest BCUT2D eigenvalue weighted by Crippen LogP contribution is -2.31. The molecule has 2 aliphatic rings. The van der Waals surface area contributed by atoms with E-state index in [-0.39, 0.29) is 11.6 Å². The van der Waals surface area contributed by atoms with Crippen molar-refractivity contribution in [3.8, 4) is 17.2 Å². The average molecular weight is 410 g/mol. The monoisotopic (exact) mass is 410 g/mol. The Morgan fingerprint density at radius 1 is 1.20 bits per heavy atom. The van der Waals surface area contributed by atoms with Gasteiger partial charge in [-0.15, -0.1) is 0 Å². The van der Waals surface area contributed by atoms with Crippen LogP contribution < -0.4 is 19.8 Å². The van der Waals surface area contributed by atoms with E-state index < -0.39 is 11.4 Å². The van der Waals surface area contributed by atoms with Crippen LogP contribution >= 0.6 is 0 Å². The summed E-state index contributed by atoms with van der Waals surface area (Å²) in [6.45, 7) is 1.69. The van der Waals surface area contributed by atoms with Gasteiger partial charge in [-0.1, -0.05) is 6.08 Å².